The Hall–Kier alpha value is -0.610. The lowest BCUT2D eigenvalue weighted by Gasteiger charge is -2.34. The Morgan fingerprint density at radius 2 is 1.94 bits per heavy atom. The molecule has 1 fully saturated rings. The van der Waals surface area contributed by atoms with E-state index in [4.69, 9.17) is 10.5 Å². The Labute approximate surface area is 97.2 Å². The number of nitrogens with two attached hydrogens (primary N) is 1. The molecule has 0 aliphatic heterocycles. The van der Waals surface area contributed by atoms with Gasteiger partial charge in [-0.1, -0.05) is 25.7 Å². The number of rotatable bonds is 4. The van der Waals surface area contributed by atoms with Crippen LogP contribution >= 0.6 is 0 Å². The van der Waals surface area contributed by atoms with E-state index in [-0.39, 0.29) is 0 Å². The summed E-state index contributed by atoms with van der Waals surface area (Å²) in [7, 11) is 0. The van der Waals surface area contributed by atoms with Gasteiger partial charge in [0.05, 0.1) is 6.61 Å². The lowest BCUT2D eigenvalue weighted by Crippen LogP contribution is -2.46. The van der Waals surface area contributed by atoms with Crippen molar-refractivity contribution in [2.75, 3.05) is 13.2 Å². The predicted molar refractivity (Wildman–Crippen MR) is 61.8 cm³/mol. The van der Waals surface area contributed by atoms with E-state index in [0.717, 1.165) is 38.5 Å². The maximum absolute atomic E-state index is 11.6. The average Bonchev–Trinajstić information content (AvgIpc) is 2.54. The van der Waals surface area contributed by atoms with E-state index in [9.17, 15) is 9.90 Å². The van der Waals surface area contributed by atoms with Gasteiger partial charge in [0.15, 0.2) is 6.10 Å². The number of hydrogen-bond acceptors (Lipinski definition) is 4. The van der Waals surface area contributed by atoms with Crippen molar-refractivity contribution < 1.29 is 14.6 Å². The molecule has 0 aromatic carbocycles. The molecule has 1 rings (SSSR count). The van der Waals surface area contributed by atoms with E-state index >= 15 is 0 Å². The van der Waals surface area contributed by atoms with E-state index in [1.807, 2.05) is 0 Å². The first-order valence-electron chi connectivity index (χ1n) is 6.21. The van der Waals surface area contributed by atoms with Crippen LogP contribution in [-0.2, 0) is 9.53 Å². The van der Waals surface area contributed by atoms with Gasteiger partial charge in [0.25, 0.3) is 0 Å². The highest BCUT2D eigenvalue weighted by atomic mass is 16.5. The second kappa shape index (κ2) is 6.21. The highest BCUT2D eigenvalue weighted by molar-refractivity contribution is 5.75. The van der Waals surface area contributed by atoms with Crippen LogP contribution in [0.5, 0.6) is 0 Å². The normalized spacial score (nSPS) is 22.2. The minimum absolute atomic E-state index is 0.302. The molecule has 0 bridgehead atoms. The Morgan fingerprint density at radius 3 is 2.38 bits per heavy atom. The van der Waals surface area contributed by atoms with Crippen molar-refractivity contribution in [3.8, 4) is 0 Å². The fraction of sp³-hybridized carbons (Fsp3) is 0.917. The van der Waals surface area contributed by atoms with Crippen LogP contribution in [0.2, 0.25) is 0 Å². The number of hydrogen-bond donors (Lipinski definition) is 2. The first-order valence-corrected chi connectivity index (χ1v) is 6.21. The second-order valence-electron chi connectivity index (χ2n) is 4.64. The van der Waals surface area contributed by atoms with Crippen LogP contribution in [0.25, 0.3) is 0 Å². The van der Waals surface area contributed by atoms with Gasteiger partial charge in [-0.05, 0) is 19.8 Å². The van der Waals surface area contributed by atoms with Crippen molar-refractivity contribution in [2.24, 2.45) is 11.1 Å². The molecule has 4 heteroatoms. The molecule has 0 saturated heterocycles. The number of carbonyl (C=O) groups is 1. The third-order valence-corrected chi connectivity index (χ3v) is 3.60. The van der Waals surface area contributed by atoms with Gasteiger partial charge in [-0.25, -0.2) is 4.79 Å². The van der Waals surface area contributed by atoms with Crippen LogP contribution in [0.3, 0.4) is 0 Å². The third-order valence-electron chi connectivity index (χ3n) is 3.60. The lowest BCUT2D eigenvalue weighted by atomic mass is 9.75. The fourth-order valence-electron chi connectivity index (χ4n) is 2.49. The number of esters is 1. The van der Waals surface area contributed by atoms with E-state index in [2.05, 4.69) is 0 Å². The first-order chi connectivity index (χ1) is 7.66. The lowest BCUT2D eigenvalue weighted by molar-refractivity contribution is -0.161. The van der Waals surface area contributed by atoms with E-state index in [1.54, 1.807) is 6.92 Å². The average molecular weight is 229 g/mol. The molecule has 1 aliphatic carbocycles. The van der Waals surface area contributed by atoms with Gasteiger partial charge in [-0.3, -0.25) is 0 Å². The fourth-order valence-corrected chi connectivity index (χ4v) is 2.49. The van der Waals surface area contributed by atoms with E-state index < -0.39 is 17.5 Å². The van der Waals surface area contributed by atoms with Crippen LogP contribution in [0.15, 0.2) is 0 Å². The zero-order valence-corrected chi connectivity index (χ0v) is 10.1. The summed E-state index contributed by atoms with van der Waals surface area (Å²) in [6.07, 6.45) is 4.98. The molecule has 1 atom stereocenters. The molecule has 0 radical (unpaired) electrons. The Kier molecular flexibility index (Phi) is 5.22. The number of aliphatic hydroxyl groups excluding tert-OH is 1. The summed E-state index contributed by atoms with van der Waals surface area (Å²) in [4.78, 5) is 11.6. The Bertz CT molecular complexity index is 222. The van der Waals surface area contributed by atoms with Crippen LogP contribution in [0.1, 0.15) is 45.4 Å². The summed E-state index contributed by atoms with van der Waals surface area (Å²) in [6, 6.07) is 0. The molecular weight excluding hydrogens is 206 g/mol. The maximum Gasteiger partial charge on any atom is 0.335 e. The van der Waals surface area contributed by atoms with Crippen LogP contribution in [0, 0.1) is 5.41 Å². The molecule has 0 heterocycles. The quantitative estimate of drug-likeness (QED) is 0.561. The van der Waals surface area contributed by atoms with Crippen LogP contribution in [0.4, 0.5) is 0 Å². The maximum atomic E-state index is 11.6. The number of aliphatic hydroxyl groups is 1. The topological polar surface area (TPSA) is 72.5 Å². The number of carbonyl (C=O) groups excluding carboxylic acids is 1. The molecular formula is C12H23NO3. The van der Waals surface area contributed by atoms with Crippen LogP contribution < -0.4 is 5.73 Å². The highest BCUT2D eigenvalue weighted by Gasteiger charge is 2.41. The smallest absolute Gasteiger partial charge is 0.335 e. The van der Waals surface area contributed by atoms with Gasteiger partial charge in [-0.2, -0.15) is 0 Å². The van der Waals surface area contributed by atoms with Crippen molar-refractivity contribution >= 4 is 5.97 Å². The van der Waals surface area contributed by atoms with Crippen LogP contribution in [-0.4, -0.2) is 30.3 Å². The molecule has 0 aromatic rings. The first kappa shape index (κ1) is 13.5. The molecule has 4 nitrogen and oxygen atoms in total. The molecule has 16 heavy (non-hydrogen) atoms. The van der Waals surface area contributed by atoms with Gasteiger partial charge in [0, 0.05) is 12.0 Å². The molecule has 1 aliphatic rings. The summed E-state index contributed by atoms with van der Waals surface area (Å²) in [5.74, 6) is -0.519. The monoisotopic (exact) mass is 229 g/mol. The zero-order chi connectivity index (χ0) is 12.0. The summed E-state index contributed by atoms with van der Waals surface area (Å²) in [5, 5.41) is 10.1. The summed E-state index contributed by atoms with van der Waals surface area (Å²) in [6.45, 7) is 2.40. The molecule has 3 N–H and O–H groups in total. The largest absolute Gasteiger partial charge is 0.464 e. The van der Waals surface area contributed by atoms with Crippen molar-refractivity contribution in [3.63, 3.8) is 0 Å². The Morgan fingerprint density at radius 1 is 1.38 bits per heavy atom. The summed E-state index contributed by atoms with van der Waals surface area (Å²) in [5.41, 5.74) is 5.32. The minimum Gasteiger partial charge on any atom is -0.464 e. The van der Waals surface area contributed by atoms with Crippen molar-refractivity contribution in [1.29, 1.82) is 0 Å². The minimum atomic E-state index is -1.06. The Balaban J connectivity index is 2.72. The summed E-state index contributed by atoms with van der Waals surface area (Å²) < 4.78 is 4.88. The van der Waals surface area contributed by atoms with Gasteiger partial charge in [0.2, 0.25) is 0 Å². The molecule has 0 spiro atoms. The molecule has 1 unspecified atom stereocenters. The van der Waals surface area contributed by atoms with Gasteiger partial charge < -0.3 is 15.6 Å². The molecule has 1 saturated carbocycles. The predicted octanol–water partition coefficient (Wildman–Crippen LogP) is 1.21. The number of ether oxygens (including phenoxy) is 1. The molecule has 0 aromatic heterocycles. The van der Waals surface area contributed by atoms with Gasteiger partial charge >= 0.3 is 5.97 Å². The van der Waals surface area contributed by atoms with Crippen molar-refractivity contribution in [3.05, 3.63) is 0 Å². The van der Waals surface area contributed by atoms with Gasteiger partial charge in [0.1, 0.15) is 0 Å². The summed E-state index contributed by atoms with van der Waals surface area (Å²) >= 11 is 0. The van der Waals surface area contributed by atoms with Crippen molar-refractivity contribution in [1.82, 2.24) is 0 Å². The zero-order valence-electron chi connectivity index (χ0n) is 10.1. The van der Waals surface area contributed by atoms with E-state index in [0.29, 0.717) is 13.2 Å². The molecule has 94 valence electrons. The van der Waals surface area contributed by atoms with E-state index in [1.165, 1.54) is 0 Å². The standard InChI is InChI=1S/C12H23NO3/c1-2-16-11(15)10(14)12(9-13)7-5-3-4-6-8-12/h10,14H,2-9,13H2,1H3. The highest BCUT2D eigenvalue weighted by Crippen LogP contribution is 2.37. The third kappa shape index (κ3) is 2.95. The second-order valence-corrected chi connectivity index (χ2v) is 4.64. The SMILES string of the molecule is CCOC(=O)C(O)C1(CN)CCCCCC1. The molecule has 0 amide bonds. The van der Waals surface area contributed by atoms with Crippen molar-refractivity contribution in [2.45, 2.75) is 51.6 Å². The van der Waals surface area contributed by atoms with Gasteiger partial charge in [-0.15, -0.1) is 0 Å².